The van der Waals surface area contributed by atoms with Crippen LogP contribution in [0.4, 0.5) is 20.2 Å². The maximum atomic E-state index is 13.6. The van der Waals surface area contributed by atoms with Crippen LogP contribution in [0, 0.1) is 11.6 Å². The summed E-state index contributed by atoms with van der Waals surface area (Å²) in [5.74, 6) is -1.67. The van der Waals surface area contributed by atoms with Crippen LogP contribution in [-0.4, -0.2) is 14.1 Å². The van der Waals surface area contributed by atoms with E-state index < -0.39 is 11.6 Å². The molecule has 0 fully saturated rings. The Labute approximate surface area is 122 Å². The van der Waals surface area contributed by atoms with Crippen LogP contribution < -0.4 is 10.2 Å². The molecule has 0 aliphatic heterocycles. The minimum absolute atomic E-state index is 0.185. The summed E-state index contributed by atoms with van der Waals surface area (Å²) >= 11 is 5.97. The van der Waals surface area contributed by atoms with Crippen molar-refractivity contribution in [1.29, 1.82) is 0 Å². The summed E-state index contributed by atoms with van der Waals surface area (Å²) in [5, 5.41) is 3.67. The van der Waals surface area contributed by atoms with E-state index in [9.17, 15) is 8.78 Å². The second-order valence-electron chi connectivity index (χ2n) is 4.62. The van der Waals surface area contributed by atoms with Gasteiger partial charge in [0.1, 0.15) is 0 Å². The van der Waals surface area contributed by atoms with Crippen LogP contribution in [0.1, 0.15) is 5.56 Å². The average molecular weight is 297 g/mol. The van der Waals surface area contributed by atoms with Gasteiger partial charge in [0.25, 0.3) is 0 Å². The van der Waals surface area contributed by atoms with E-state index in [0.717, 1.165) is 17.4 Å². The lowest BCUT2D eigenvalue weighted by atomic mass is 10.2. The van der Waals surface area contributed by atoms with Gasteiger partial charge in [0, 0.05) is 31.2 Å². The summed E-state index contributed by atoms with van der Waals surface area (Å²) in [5.41, 5.74) is 1.96. The Morgan fingerprint density at radius 3 is 2.60 bits per heavy atom. The van der Waals surface area contributed by atoms with Gasteiger partial charge < -0.3 is 10.2 Å². The average Bonchev–Trinajstić information content (AvgIpc) is 2.40. The van der Waals surface area contributed by atoms with Crippen molar-refractivity contribution in [2.45, 2.75) is 6.54 Å². The van der Waals surface area contributed by atoms with Crippen LogP contribution in [0.15, 0.2) is 36.4 Å². The molecule has 0 aliphatic rings. The van der Waals surface area contributed by atoms with E-state index in [0.29, 0.717) is 5.02 Å². The van der Waals surface area contributed by atoms with Crippen LogP contribution in [0.2, 0.25) is 5.02 Å². The Hall–Kier alpha value is -1.81. The number of hydrogen-bond donors (Lipinski definition) is 1. The third-order valence-electron chi connectivity index (χ3n) is 2.94. The number of hydrogen-bond acceptors (Lipinski definition) is 2. The molecule has 0 spiro atoms. The monoisotopic (exact) mass is 296 g/mol. The zero-order chi connectivity index (χ0) is 14.7. The van der Waals surface area contributed by atoms with E-state index in [2.05, 4.69) is 5.32 Å². The second-order valence-corrected chi connectivity index (χ2v) is 5.06. The van der Waals surface area contributed by atoms with Crippen molar-refractivity contribution in [3.63, 3.8) is 0 Å². The highest BCUT2D eigenvalue weighted by Gasteiger charge is 2.09. The standard InChI is InChI=1S/C15H15ClF2N2/c1-20(2)14-7-6-11(16)8-13(14)19-9-10-4-3-5-12(17)15(10)18/h3-8,19H,9H2,1-2H3. The van der Waals surface area contributed by atoms with Crippen LogP contribution in [0.25, 0.3) is 0 Å². The number of nitrogens with one attached hydrogen (secondary N) is 1. The summed E-state index contributed by atoms with van der Waals surface area (Å²) < 4.78 is 26.7. The Kier molecular flexibility index (Phi) is 4.45. The zero-order valence-corrected chi connectivity index (χ0v) is 12.0. The fourth-order valence-electron chi connectivity index (χ4n) is 1.92. The van der Waals surface area contributed by atoms with Crippen molar-refractivity contribution in [3.8, 4) is 0 Å². The first kappa shape index (κ1) is 14.6. The smallest absolute Gasteiger partial charge is 0.163 e. The molecule has 20 heavy (non-hydrogen) atoms. The van der Waals surface area contributed by atoms with Crippen LogP contribution in [-0.2, 0) is 6.54 Å². The normalized spacial score (nSPS) is 10.4. The molecule has 5 heteroatoms. The van der Waals surface area contributed by atoms with Crippen molar-refractivity contribution in [1.82, 2.24) is 0 Å². The molecule has 0 aromatic heterocycles. The predicted octanol–water partition coefficient (Wildman–Crippen LogP) is 4.30. The largest absolute Gasteiger partial charge is 0.379 e. The Balaban J connectivity index is 2.22. The quantitative estimate of drug-likeness (QED) is 0.905. The zero-order valence-electron chi connectivity index (χ0n) is 11.3. The fourth-order valence-corrected chi connectivity index (χ4v) is 2.09. The van der Waals surface area contributed by atoms with E-state index in [1.54, 1.807) is 18.2 Å². The van der Waals surface area contributed by atoms with Gasteiger partial charge in [0.05, 0.1) is 11.4 Å². The molecule has 0 atom stereocenters. The van der Waals surface area contributed by atoms with Gasteiger partial charge in [-0.1, -0.05) is 23.7 Å². The van der Waals surface area contributed by atoms with Crippen molar-refractivity contribution >= 4 is 23.0 Å². The van der Waals surface area contributed by atoms with E-state index in [-0.39, 0.29) is 12.1 Å². The second kappa shape index (κ2) is 6.09. The van der Waals surface area contributed by atoms with Gasteiger partial charge in [-0.2, -0.15) is 0 Å². The Bertz CT molecular complexity index is 615. The number of halogens is 3. The van der Waals surface area contributed by atoms with E-state index in [1.165, 1.54) is 6.07 Å². The van der Waals surface area contributed by atoms with Crippen molar-refractivity contribution < 1.29 is 8.78 Å². The molecule has 0 aliphatic carbocycles. The van der Waals surface area contributed by atoms with Crippen molar-refractivity contribution in [2.75, 3.05) is 24.3 Å². The molecule has 2 rings (SSSR count). The van der Waals surface area contributed by atoms with Crippen molar-refractivity contribution in [2.24, 2.45) is 0 Å². The summed E-state index contributed by atoms with van der Waals surface area (Å²) in [7, 11) is 3.80. The highest BCUT2D eigenvalue weighted by Crippen LogP contribution is 2.28. The lowest BCUT2D eigenvalue weighted by molar-refractivity contribution is 0.500. The molecule has 0 saturated heterocycles. The minimum Gasteiger partial charge on any atom is -0.379 e. The van der Waals surface area contributed by atoms with E-state index in [4.69, 9.17) is 11.6 Å². The summed E-state index contributed by atoms with van der Waals surface area (Å²) in [6, 6.07) is 9.54. The highest BCUT2D eigenvalue weighted by atomic mass is 35.5. The Morgan fingerprint density at radius 1 is 1.15 bits per heavy atom. The summed E-state index contributed by atoms with van der Waals surface area (Å²) in [4.78, 5) is 1.92. The van der Waals surface area contributed by atoms with Crippen LogP contribution in [0.5, 0.6) is 0 Å². The van der Waals surface area contributed by atoms with Crippen LogP contribution in [0.3, 0.4) is 0 Å². The fraction of sp³-hybridized carbons (Fsp3) is 0.200. The molecular formula is C15H15ClF2N2. The number of rotatable bonds is 4. The minimum atomic E-state index is -0.844. The van der Waals surface area contributed by atoms with Gasteiger partial charge in [-0.05, 0) is 24.3 Å². The van der Waals surface area contributed by atoms with Gasteiger partial charge in [-0.3, -0.25) is 0 Å². The maximum absolute atomic E-state index is 13.6. The first-order chi connectivity index (χ1) is 9.49. The number of anilines is 2. The SMILES string of the molecule is CN(C)c1ccc(Cl)cc1NCc1cccc(F)c1F. The molecular weight excluding hydrogens is 282 g/mol. The van der Waals surface area contributed by atoms with Gasteiger partial charge in [0.15, 0.2) is 11.6 Å². The van der Waals surface area contributed by atoms with Crippen molar-refractivity contribution in [3.05, 3.63) is 58.6 Å². The summed E-state index contributed by atoms with van der Waals surface area (Å²) in [6.45, 7) is 0.185. The van der Waals surface area contributed by atoms with Gasteiger partial charge >= 0.3 is 0 Å². The molecule has 2 nitrogen and oxygen atoms in total. The molecule has 0 amide bonds. The van der Waals surface area contributed by atoms with Gasteiger partial charge in [0.2, 0.25) is 0 Å². The predicted molar refractivity (Wildman–Crippen MR) is 79.5 cm³/mol. The Morgan fingerprint density at radius 2 is 1.90 bits per heavy atom. The molecule has 1 N–H and O–H groups in total. The molecule has 0 unspecified atom stereocenters. The highest BCUT2D eigenvalue weighted by molar-refractivity contribution is 6.31. The third kappa shape index (κ3) is 3.20. The lowest BCUT2D eigenvalue weighted by Gasteiger charge is -2.19. The first-order valence-corrected chi connectivity index (χ1v) is 6.50. The summed E-state index contributed by atoms with van der Waals surface area (Å²) in [6.07, 6.45) is 0. The van der Waals surface area contributed by atoms with E-state index in [1.807, 2.05) is 25.1 Å². The molecule has 0 saturated carbocycles. The third-order valence-corrected chi connectivity index (χ3v) is 3.18. The lowest BCUT2D eigenvalue weighted by Crippen LogP contribution is -2.12. The van der Waals surface area contributed by atoms with E-state index >= 15 is 0 Å². The molecule has 2 aromatic carbocycles. The first-order valence-electron chi connectivity index (χ1n) is 6.12. The molecule has 0 heterocycles. The number of benzene rings is 2. The van der Waals surface area contributed by atoms with Gasteiger partial charge in [-0.15, -0.1) is 0 Å². The number of nitrogens with zero attached hydrogens (tertiary/aromatic N) is 1. The maximum Gasteiger partial charge on any atom is 0.163 e. The van der Waals surface area contributed by atoms with Crippen LogP contribution >= 0.6 is 11.6 Å². The van der Waals surface area contributed by atoms with Gasteiger partial charge in [-0.25, -0.2) is 8.78 Å². The molecule has 106 valence electrons. The molecule has 2 aromatic rings. The molecule has 0 radical (unpaired) electrons. The topological polar surface area (TPSA) is 15.3 Å². The molecule has 0 bridgehead atoms.